The first-order valence-corrected chi connectivity index (χ1v) is 5.86. The predicted molar refractivity (Wildman–Crippen MR) is 70.9 cm³/mol. The highest BCUT2D eigenvalue weighted by Gasteiger charge is 2.29. The number of pyridine rings is 1. The van der Waals surface area contributed by atoms with Gasteiger partial charge in [-0.3, -0.25) is 4.98 Å². The van der Waals surface area contributed by atoms with Crippen molar-refractivity contribution in [2.24, 2.45) is 5.73 Å². The van der Waals surface area contributed by atoms with E-state index in [1.807, 2.05) is 30.5 Å². The van der Waals surface area contributed by atoms with Gasteiger partial charge in [0.2, 0.25) is 0 Å². The van der Waals surface area contributed by atoms with Gasteiger partial charge in [-0.1, -0.05) is 30.3 Å². The van der Waals surface area contributed by atoms with Gasteiger partial charge in [0, 0.05) is 18.2 Å². The summed E-state index contributed by atoms with van der Waals surface area (Å²) in [5, 5.41) is 0. The average Bonchev–Trinajstić information content (AvgIpc) is 2.39. The number of nitrogens with two attached hydrogens (primary N) is 1. The molecule has 2 aromatic rings. The third-order valence-corrected chi connectivity index (χ3v) is 3.38. The van der Waals surface area contributed by atoms with E-state index in [0.29, 0.717) is 6.54 Å². The summed E-state index contributed by atoms with van der Waals surface area (Å²) in [5.74, 6) is 0. The fraction of sp³-hybridized carbons (Fsp3) is 0.267. The molecule has 2 rings (SSSR count). The normalized spacial score (nSPS) is 14.3. The summed E-state index contributed by atoms with van der Waals surface area (Å²) in [6.07, 6.45) is 1.82. The lowest BCUT2D eigenvalue weighted by Crippen LogP contribution is -2.34. The maximum atomic E-state index is 6.00. The molecule has 2 heteroatoms. The molecule has 0 aliphatic rings. The fourth-order valence-corrected chi connectivity index (χ4v) is 2.23. The van der Waals surface area contributed by atoms with Crippen LogP contribution in [0, 0.1) is 6.92 Å². The third-order valence-electron chi connectivity index (χ3n) is 3.38. The van der Waals surface area contributed by atoms with Gasteiger partial charge < -0.3 is 5.73 Å². The Morgan fingerprint density at radius 3 is 2.41 bits per heavy atom. The quantitative estimate of drug-likeness (QED) is 0.873. The van der Waals surface area contributed by atoms with Crippen LogP contribution >= 0.6 is 0 Å². The summed E-state index contributed by atoms with van der Waals surface area (Å²) in [7, 11) is 0. The monoisotopic (exact) mass is 226 g/mol. The molecule has 0 aliphatic carbocycles. The van der Waals surface area contributed by atoms with Crippen LogP contribution in [0.4, 0.5) is 0 Å². The summed E-state index contributed by atoms with van der Waals surface area (Å²) in [6, 6.07) is 14.3. The highest BCUT2D eigenvalue weighted by Crippen LogP contribution is 2.31. The molecule has 0 unspecified atom stereocenters. The van der Waals surface area contributed by atoms with Crippen LogP contribution in [-0.2, 0) is 5.41 Å². The number of hydrogen-bond acceptors (Lipinski definition) is 2. The maximum Gasteiger partial charge on any atom is 0.0519 e. The SMILES string of the molecule is Cc1ccccc1[C@](C)(CN)c1ccccn1. The van der Waals surface area contributed by atoms with Crippen molar-refractivity contribution >= 4 is 0 Å². The molecule has 2 N–H and O–H groups in total. The van der Waals surface area contributed by atoms with Crippen LogP contribution in [0.15, 0.2) is 48.7 Å². The van der Waals surface area contributed by atoms with Crippen molar-refractivity contribution in [2.75, 3.05) is 6.54 Å². The Morgan fingerprint density at radius 1 is 1.12 bits per heavy atom. The third kappa shape index (κ3) is 2.08. The average molecular weight is 226 g/mol. The van der Waals surface area contributed by atoms with Gasteiger partial charge in [0.15, 0.2) is 0 Å². The molecule has 0 amide bonds. The molecule has 1 heterocycles. The second kappa shape index (κ2) is 4.68. The molecule has 0 fully saturated rings. The lowest BCUT2D eigenvalue weighted by Gasteiger charge is -2.29. The van der Waals surface area contributed by atoms with Crippen LogP contribution in [0.1, 0.15) is 23.7 Å². The Labute approximate surface area is 103 Å². The first kappa shape index (κ1) is 11.8. The molecule has 0 spiro atoms. The molecule has 1 atom stereocenters. The topological polar surface area (TPSA) is 38.9 Å². The standard InChI is InChI=1S/C15H18N2/c1-12-7-3-4-8-13(12)15(2,11-16)14-9-5-6-10-17-14/h3-10H,11,16H2,1-2H3/t15-/m0/s1. The molecule has 0 radical (unpaired) electrons. The molecular weight excluding hydrogens is 208 g/mol. The molecule has 0 bridgehead atoms. The Balaban J connectivity index is 2.56. The largest absolute Gasteiger partial charge is 0.329 e. The van der Waals surface area contributed by atoms with Crippen molar-refractivity contribution < 1.29 is 0 Å². The van der Waals surface area contributed by atoms with E-state index in [-0.39, 0.29) is 5.41 Å². The van der Waals surface area contributed by atoms with Crippen molar-refractivity contribution in [3.05, 3.63) is 65.5 Å². The molecule has 17 heavy (non-hydrogen) atoms. The molecule has 0 aliphatic heterocycles. The van der Waals surface area contributed by atoms with Crippen molar-refractivity contribution in [3.8, 4) is 0 Å². The zero-order valence-corrected chi connectivity index (χ0v) is 10.4. The minimum absolute atomic E-state index is 0.216. The Morgan fingerprint density at radius 2 is 1.82 bits per heavy atom. The van der Waals surface area contributed by atoms with Crippen LogP contribution in [0.2, 0.25) is 0 Å². The van der Waals surface area contributed by atoms with E-state index in [1.54, 1.807) is 0 Å². The van der Waals surface area contributed by atoms with Gasteiger partial charge in [0.25, 0.3) is 0 Å². The van der Waals surface area contributed by atoms with Crippen molar-refractivity contribution in [2.45, 2.75) is 19.3 Å². The summed E-state index contributed by atoms with van der Waals surface area (Å²) in [5.41, 5.74) is 9.32. The molecule has 88 valence electrons. The molecule has 1 aromatic carbocycles. The lowest BCUT2D eigenvalue weighted by atomic mass is 9.77. The number of rotatable bonds is 3. The summed E-state index contributed by atoms with van der Waals surface area (Å²) in [4.78, 5) is 4.46. The van der Waals surface area contributed by atoms with E-state index in [4.69, 9.17) is 5.73 Å². The van der Waals surface area contributed by atoms with E-state index in [1.165, 1.54) is 11.1 Å². The molecular formula is C15H18N2. The van der Waals surface area contributed by atoms with E-state index in [0.717, 1.165) is 5.69 Å². The van der Waals surface area contributed by atoms with Crippen molar-refractivity contribution in [1.29, 1.82) is 0 Å². The molecule has 1 aromatic heterocycles. The summed E-state index contributed by atoms with van der Waals surface area (Å²) >= 11 is 0. The van der Waals surface area contributed by atoms with Crippen LogP contribution in [0.3, 0.4) is 0 Å². The smallest absolute Gasteiger partial charge is 0.0519 e. The zero-order valence-electron chi connectivity index (χ0n) is 10.4. The Bertz CT molecular complexity index is 493. The lowest BCUT2D eigenvalue weighted by molar-refractivity contribution is 0.561. The first-order chi connectivity index (χ1) is 8.18. The number of nitrogens with zero attached hydrogens (tertiary/aromatic N) is 1. The summed E-state index contributed by atoms with van der Waals surface area (Å²) in [6.45, 7) is 4.82. The molecule has 0 saturated heterocycles. The second-order valence-corrected chi connectivity index (χ2v) is 4.57. The summed E-state index contributed by atoms with van der Waals surface area (Å²) < 4.78 is 0. The maximum absolute atomic E-state index is 6.00. The van der Waals surface area contributed by atoms with Crippen LogP contribution in [0.5, 0.6) is 0 Å². The van der Waals surface area contributed by atoms with Gasteiger partial charge >= 0.3 is 0 Å². The number of benzene rings is 1. The highest BCUT2D eigenvalue weighted by atomic mass is 14.7. The highest BCUT2D eigenvalue weighted by molar-refractivity contribution is 5.40. The fourth-order valence-electron chi connectivity index (χ4n) is 2.23. The molecule has 2 nitrogen and oxygen atoms in total. The van der Waals surface area contributed by atoms with E-state index in [2.05, 4.69) is 37.0 Å². The van der Waals surface area contributed by atoms with E-state index in [9.17, 15) is 0 Å². The van der Waals surface area contributed by atoms with Crippen LogP contribution < -0.4 is 5.73 Å². The first-order valence-electron chi connectivity index (χ1n) is 5.86. The number of hydrogen-bond donors (Lipinski definition) is 1. The second-order valence-electron chi connectivity index (χ2n) is 4.57. The van der Waals surface area contributed by atoms with Crippen molar-refractivity contribution in [3.63, 3.8) is 0 Å². The van der Waals surface area contributed by atoms with E-state index < -0.39 is 0 Å². The van der Waals surface area contributed by atoms with Gasteiger partial charge in [0.05, 0.1) is 5.69 Å². The minimum Gasteiger partial charge on any atom is -0.329 e. The Hall–Kier alpha value is -1.67. The minimum atomic E-state index is -0.216. The van der Waals surface area contributed by atoms with Crippen molar-refractivity contribution in [1.82, 2.24) is 4.98 Å². The number of aromatic nitrogens is 1. The number of aryl methyl sites for hydroxylation is 1. The van der Waals surface area contributed by atoms with E-state index >= 15 is 0 Å². The van der Waals surface area contributed by atoms with Gasteiger partial charge in [0.1, 0.15) is 0 Å². The van der Waals surface area contributed by atoms with Gasteiger partial charge in [-0.15, -0.1) is 0 Å². The van der Waals surface area contributed by atoms with Crippen LogP contribution in [0.25, 0.3) is 0 Å². The van der Waals surface area contributed by atoms with Crippen LogP contribution in [-0.4, -0.2) is 11.5 Å². The van der Waals surface area contributed by atoms with Gasteiger partial charge in [-0.05, 0) is 37.1 Å². The van der Waals surface area contributed by atoms with Gasteiger partial charge in [-0.2, -0.15) is 0 Å². The zero-order chi connectivity index (χ0) is 12.3. The van der Waals surface area contributed by atoms with Gasteiger partial charge in [-0.25, -0.2) is 0 Å². The Kier molecular flexibility index (Phi) is 3.25. The molecule has 0 saturated carbocycles. The predicted octanol–water partition coefficient (Wildman–Crippen LogP) is 2.65.